The second kappa shape index (κ2) is 9.18. The number of benzene rings is 2. The third-order valence-electron chi connectivity index (χ3n) is 6.42. The molecule has 0 aliphatic heterocycles. The number of hydrogen-bond acceptors (Lipinski definition) is 5. The van der Waals surface area contributed by atoms with Crippen molar-refractivity contribution in [3.05, 3.63) is 53.7 Å². The second-order valence-corrected chi connectivity index (χ2v) is 10.9. The van der Waals surface area contributed by atoms with Gasteiger partial charge in [-0.3, -0.25) is 9.52 Å². The molecule has 8 heteroatoms. The summed E-state index contributed by atoms with van der Waals surface area (Å²) < 4.78 is 29.2. The Balaban J connectivity index is 1.84. The smallest absolute Gasteiger partial charge is 0.232 e. The van der Waals surface area contributed by atoms with Gasteiger partial charge in [0.1, 0.15) is 0 Å². The molecule has 0 radical (unpaired) electrons. The SMILES string of the molecule is CCCS(=O)(=O)Nc1ccc(-c2c(N)c3ccc(C(C(C)=O)=C(C)N)cc3n2C2CCC2)cc1. The number of aromatic nitrogens is 1. The molecule has 0 amide bonds. The van der Waals surface area contributed by atoms with Gasteiger partial charge in [0.25, 0.3) is 0 Å². The van der Waals surface area contributed by atoms with Crippen LogP contribution in [0.4, 0.5) is 11.4 Å². The first-order valence-electron chi connectivity index (χ1n) is 11.6. The van der Waals surface area contributed by atoms with Crippen molar-refractivity contribution in [1.82, 2.24) is 4.57 Å². The predicted molar refractivity (Wildman–Crippen MR) is 140 cm³/mol. The highest BCUT2D eigenvalue weighted by molar-refractivity contribution is 7.92. The van der Waals surface area contributed by atoms with Gasteiger partial charge in [-0.05, 0) is 63.3 Å². The van der Waals surface area contributed by atoms with Crippen LogP contribution in [0.25, 0.3) is 27.7 Å². The summed E-state index contributed by atoms with van der Waals surface area (Å²) in [6.07, 6.45) is 3.82. The molecule has 7 nitrogen and oxygen atoms in total. The van der Waals surface area contributed by atoms with Crippen LogP contribution in [0.2, 0.25) is 0 Å². The van der Waals surface area contributed by atoms with Crippen molar-refractivity contribution in [1.29, 1.82) is 0 Å². The quantitative estimate of drug-likeness (QED) is 0.390. The average molecular weight is 481 g/mol. The number of carbonyl (C=O) groups is 1. The molecule has 1 fully saturated rings. The van der Waals surface area contributed by atoms with Crippen LogP contribution in [0, 0.1) is 0 Å². The zero-order valence-electron chi connectivity index (χ0n) is 19.9. The van der Waals surface area contributed by atoms with Crippen molar-refractivity contribution < 1.29 is 13.2 Å². The molecule has 0 unspecified atom stereocenters. The number of nitrogens with one attached hydrogen (secondary N) is 1. The highest BCUT2D eigenvalue weighted by atomic mass is 32.2. The fourth-order valence-corrected chi connectivity index (χ4v) is 5.85. The first-order chi connectivity index (χ1) is 16.1. The lowest BCUT2D eigenvalue weighted by Gasteiger charge is -2.30. The molecule has 0 spiro atoms. The molecule has 1 aromatic heterocycles. The molecule has 1 aliphatic rings. The van der Waals surface area contributed by atoms with Crippen LogP contribution in [-0.4, -0.2) is 24.5 Å². The number of nitrogens with zero attached hydrogens (tertiary/aromatic N) is 1. The molecule has 180 valence electrons. The number of carbonyl (C=O) groups excluding carboxylic acids is 1. The van der Waals surface area contributed by atoms with Gasteiger partial charge in [0.15, 0.2) is 5.78 Å². The maximum atomic E-state index is 12.3. The van der Waals surface area contributed by atoms with E-state index < -0.39 is 10.0 Å². The zero-order valence-corrected chi connectivity index (χ0v) is 20.7. The average Bonchev–Trinajstić information content (AvgIpc) is 2.98. The first-order valence-corrected chi connectivity index (χ1v) is 13.3. The van der Waals surface area contributed by atoms with Gasteiger partial charge in [0, 0.05) is 33.9 Å². The third-order valence-corrected chi connectivity index (χ3v) is 7.92. The topological polar surface area (TPSA) is 120 Å². The van der Waals surface area contributed by atoms with Gasteiger partial charge in [0.05, 0.1) is 22.7 Å². The molecule has 0 bridgehead atoms. The number of rotatable bonds is 8. The Morgan fingerprint density at radius 1 is 1.12 bits per heavy atom. The van der Waals surface area contributed by atoms with Gasteiger partial charge < -0.3 is 16.0 Å². The van der Waals surface area contributed by atoms with Gasteiger partial charge in [-0.25, -0.2) is 8.42 Å². The maximum absolute atomic E-state index is 12.3. The van der Waals surface area contributed by atoms with Crippen molar-refractivity contribution in [3.63, 3.8) is 0 Å². The van der Waals surface area contributed by atoms with E-state index in [1.54, 1.807) is 19.1 Å². The Hall–Kier alpha value is -3.26. The summed E-state index contributed by atoms with van der Waals surface area (Å²) in [6.45, 7) is 5.10. The number of ketones is 1. The van der Waals surface area contributed by atoms with E-state index in [1.165, 1.54) is 6.92 Å². The van der Waals surface area contributed by atoms with Crippen molar-refractivity contribution in [2.45, 2.75) is 52.5 Å². The maximum Gasteiger partial charge on any atom is 0.232 e. The molecular formula is C26H32N4O3S. The van der Waals surface area contributed by atoms with Crippen molar-refractivity contribution in [2.75, 3.05) is 16.2 Å². The van der Waals surface area contributed by atoms with E-state index in [-0.39, 0.29) is 11.5 Å². The Kier molecular flexibility index (Phi) is 6.45. The molecule has 1 aliphatic carbocycles. The standard InChI is InChI=1S/C26H32N4O3S/c1-4-14-34(32,33)29-20-11-8-18(9-12-20)26-25(28)22-13-10-19(24(16(2)27)17(3)31)15-23(22)30(26)21-6-5-7-21/h8-13,15,21,29H,4-7,14,27-28H2,1-3H3. The number of allylic oxidation sites excluding steroid dienone is 2. The summed E-state index contributed by atoms with van der Waals surface area (Å²) in [6, 6.07) is 13.5. The van der Waals surface area contributed by atoms with Gasteiger partial charge in [-0.1, -0.05) is 31.2 Å². The van der Waals surface area contributed by atoms with E-state index in [4.69, 9.17) is 11.5 Å². The summed E-state index contributed by atoms with van der Waals surface area (Å²) in [7, 11) is -3.36. The van der Waals surface area contributed by atoms with E-state index in [2.05, 4.69) is 9.29 Å². The Morgan fingerprint density at radius 3 is 2.32 bits per heavy atom. The van der Waals surface area contributed by atoms with Gasteiger partial charge in [-0.2, -0.15) is 0 Å². The fraction of sp³-hybridized carbons (Fsp3) is 0.346. The van der Waals surface area contributed by atoms with E-state index in [0.29, 0.717) is 35.1 Å². The fourth-order valence-electron chi connectivity index (χ4n) is 4.71. The minimum atomic E-state index is -3.36. The summed E-state index contributed by atoms with van der Waals surface area (Å²) in [5.41, 5.74) is 18.5. The zero-order chi connectivity index (χ0) is 24.6. The molecule has 34 heavy (non-hydrogen) atoms. The van der Waals surface area contributed by atoms with E-state index in [1.807, 2.05) is 37.3 Å². The Bertz CT molecular complexity index is 1380. The van der Waals surface area contributed by atoms with Gasteiger partial charge in [0.2, 0.25) is 10.0 Å². The monoisotopic (exact) mass is 480 g/mol. The second-order valence-electron chi connectivity index (χ2n) is 9.06. The number of nitrogen functional groups attached to an aromatic ring is 1. The van der Waals surface area contributed by atoms with Crippen LogP contribution in [0.5, 0.6) is 0 Å². The van der Waals surface area contributed by atoms with Crippen LogP contribution in [-0.2, 0) is 14.8 Å². The molecule has 5 N–H and O–H groups in total. The summed E-state index contributed by atoms with van der Waals surface area (Å²) in [4.78, 5) is 12.3. The number of nitrogens with two attached hydrogens (primary N) is 2. The first kappa shape index (κ1) is 23.9. The van der Waals surface area contributed by atoms with E-state index >= 15 is 0 Å². The minimum absolute atomic E-state index is 0.0737. The van der Waals surface area contributed by atoms with Crippen LogP contribution in [0.3, 0.4) is 0 Å². The molecule has 0 saturated heterocycles. The summed E-state index contributed by atoms with van der Waals surface area (Å²) >= 11 is 0. The van der Waals surface area contributed by atoms with E-state index in [0.717, 1.165) is 47.0 Å². The summed E-state index contributed by atoms with van der Waals surface area (Å²) in [5, 5.41) is 0.927. The Morgan fingerprint density at radius 2 is 1.79 bits per heavy atom. The van der Waals surface area contributed by atoms with Crippen molar-refractivity contribution in [3.8, 4) is 11.3 Å². The minimum Gasteiger partial charge on any atom is -0.402 e. The van der Waals surface area contributed by atoms with Crippen LogP contribution >= 0.6 is 0 Å². The van der Waals surface area contributed by atoms with Crippen LogP contribution in [0.1, 0.15) is 58.1 Å². The molecule has 2 aromatic carbocycles. The molecule has 3 aromatic rings. The van der Waals surface area contributed by atoms with Gasteiger partial charge >= 0.3 is 0 Å². The Labute approximate surface area is 200 Å². The lowest BCUT2D eigenvalue weighted by atomic mass is 9.92. The molecular weight excluding hydrogens is 448 g/mol. The molecule has 4 rings (SSSR count). The number of fused-ring (bicyclic) bond motifs is 1. The van der Waals surface area contributed by atoms with E-state index in [9.17, 15) is 13.2 Å². The van der Waals surface area contributed by atoms with Crippen LogP contribution in [0.15, 0.2) is 48.2 Å². The van der Waals surface area contributed by atoms with Gasteiger partial charge in [-0.15, -0.1) is 0 Å². The van der Waals surface area contributed by atoms with Crippen molar-refractivity contribution >= 4 is 43.7 Å². The number of sulfonamides is 1. The molecule has 0 atom stereocenters. The highest BCUT2D eigenvalue weighted by Gasteiger charge is 2.27. The predicted octanol–water partition coefficient (Wildman–Crippen LogP) is 5.05. The third kappa shape index (κ3) is 4.42. The number of anilines is 2. The van der Waals surface area contributed by atoms with Crippen LogP contribution < -0.4 is 16.2 Å². The highest BCUT2D eigenvalue weighted by Crippen LogP contribution is 2.44. The molecule has 1 heterocycles. The normalized spacial score (nSPS) is 15.1. The number of Topliss-reactive ketones (excluding diaryl/α,β-unsaturated/α-hetero) is 1. The number of hydrogen-bond donors (Lipinski definition) is 3. The molecule has 1 saturated carbocycles. The largest absolute Gasteiger partial charge is 0.402 e. The van der Waals surface area contributed by atoms with Crippen molar-refractivity contribution in [2.24, 2.45) is 5.73 Å². The lowest BCUT2D eigenvalue weighted by Crippen LogP contribution is -2.18. The lowest BCUT2D eigenvalue weighted by molar-refractivity contribution is -0.111. The summed E-state index contributed by atoms with van der Waals surface area (Å²) in [5.74, 6) is 0.00857.